The number of sulfone groups is 1. The van der Waals surface area contributed by atoms with Gasteiger partial charge in [0, 0.05) is 18.7 Å². The smallest absolute Gasteiger partial charge is 0.227 e. The minimum atomic E-state index is -3.66. The van der Waals surface area contributed by atoms with E-state index in [1.54, 1.807) is 17.0 Å². The van der Waals surface area contributed by atoms with Gasteiger partial charge in [0.1, 0.15) is 5.88 Å². The average molecular weight is 530 g/mol. The zero-order valence-corrected chi connectivity index (χ0v) is 21.3. The second kappa shape index (κ2) is 12.7. The molecule has 1 N–H and O–H groups in total. The van der Waals surface area contributed by atoms with Crippen molar-refractivity contribution in [1.82, 2.24) is 5.32 Å². The van der Waals surface area contributed by atoms with Crippen molar-refractivity contribution >= 4 is 44.6 Å². The molecule has 0 fully saturated rings. The molecule has 0 saturated heterocycles. The maximum atomic E-state index is 13.0. The van der Waals surface area contributed by atoms with E-state index in [0.29, 0.717) is 31.5 Å². The van der Waals surface area contributed by atoms with Crippen LogP contribution < -0.4 is 10.2 Å². The number of hydrogen-bond donors (Lipinski definition) is 1. The topological polar surface area (TPSA) is 90.3 Å². The molecule has 3 aromatic carbocycles. The second-order valence-electron chi connectivity index (χ2n) is 7.85. The summed E-state index contributed by atoms with van der Waals surface area (Å²) in [6.45, 7) is 0.839. The lowest BCUT2D eigenvalue weighted by Crippen LogP contribution is -2.33. The first-order valence-corrected chi connectivity index (χ1v) is 13.4. The van der Waals surface area contributed by atoms with Crippen molar-refractivity contribution in [3.05, 3.63) is 94.0 Å². The Morgan fingerprint density at radius 2 is 1.69 bits per heavy atom. The number of nitriles is 1. The zero-order chi connectivity index (χ0) is 25.3. The summed E-state index contributed by atoms with van der Waals surface area (Å²) in [6, 6.07) is 23.3. The summed E-state index contributed by atoms with van der Waals surface area (Å²) in [5, 5.41) is 12.0. The molecule has 9 heteroatoms. The van der Waals surface area contributed by atoms with Gasteiger partial charge in [0.2, 0.25) is 5.91 Å². The van der Waals surface area contributed by atoms with Crippen molar-refractivity contribution in [2.45, 2.75) is 24.2 Å². The van der Waals surface area contributed by atoms with Crippen molar-refractivity contribution in [2.75, 3.05) is 23.9 Å². The number of hydrogen-bond acceptors (Lipinski definition) is 5. The minimum Gasteiger partial charge on any atom is -0.312 e. The lowest BCUT2D eigenvalue weighted by Gasteiger charge is -2.23. The predicted octanol–water partition coefficient (Wildman–Crippen LogP) is 5.24. The van der Waals surface area contributed by atoms with E-state index < -0.39 is 9.84 Å². The summed E-state index contributed by atoms with van der Waals surface area (Å²) in [7, 11) is -3.66. The molecule has 0 unspecified atom stereocenters. The zero-order valence-electron chi connectivity index (χ0n) is 19.0. The quantitative estimate of drug-likeness (QED) is 0.343. The largest absolute Gasteiger partial charge is 0.312 e. The maximum Gasteiger partial charge on any atom is 0.227 e. The fourth-order valence-corrected chi connectivity index (χ4v) is 5.45. The molecule has 0 bridgehead atoms. The normalized spacial score (nSPS) is 11.1. The molecule has 0 saturated carbocycles. The first-order chi connectivity index (χ1) is 16.8. The van der Waals surface area contributed by atoms with Crippen LogP contribution in [0.2, 0.25) is 10.0 Å². The third-order valence-electron chi connectivity index (χ3n) is 5.36. The predicted molar refractivity (Wildman–Crippen MR) is 139 cm³/mol. The lowest BCUT2D eigenvalue weighted by atomic mass is 10.1. The fourth-order valence-electron chi connectivity index (χ4n) is 3.50. The molecule has 3 rings (SSSR count). The first kappa shape index (κ1) is 26.7. The number of carbonyl (C=O) groups is 1. The molecule has 0 aliphatic rings. The number of nitrogens with one attached hydrogen (secondary N) is 1. The van der Waals surface area contributed by atoms with E-state index in [-0.39, 0.29) is 33.1 Å². The first-order valence-electron chi connectivity index (χ1n) is 11.0. The number of amides is 1. The number of halogens is 2. The summed E-state index contributed by atoms with van der Waals surface area (Å²) >= 11 is 12.0. The van der Waals surface area contributed by atoms with E-state index in [1.807, 2.05) is 42.5 Å². The van der Waals surface area contributed by atoms with Crippen LogP contribution in [0.25, 0.3) is 0 Å². The van der Waals surface area contributed by atoms with Crippen molar-refractivity contribution in [3.63, 3.8) is 0 Å². The Morgan fingerprint density at radius 3 is 2.37 bits per heavy atom. The average Bonchev–Trinajstić information content (AvgIpc) is 2.86. The van der Waals surface area contributed by atoms with Crippen molar-refractivity contribution in [2.24, 2.45) is 0 Å². The molecule has 6 nitrogen and oxygen atoms in total. The van der Waals surface area contributed by atoms with Crippen molar-refractivity contribution in [3.8, 4) is 6.07 Å². The van der Waals surface area contributed by atoms with E-state index in [9.17, 15) is 13.2 Å². The van der Waals surface area contributed by atoms with E-state index in [2.05, 4.69) is 11.4 Å². The number of para-hydroxylation sites is 1. The molecule has 0 aliphatic carbocycles. The van der Waals surface area contributed by atoms with E-state index in [1.165, 1.54) is 18.2 Å². The third-order valence-corrected chi connectivity index (χ3v) is 7.89. The molecule has 0 radical (unpaired) electrons. The minimum absolute atomic E-state index is 0.00640. The molecule has 0 atom stereocenters. The van der Waals surface area contributed by atoms with Crippen molar-refractivity contribution in [1.29, 1.82) is 5.26 Å². The summed E-state index contributed by atoms with van der Waals surface area (Å²) < 4.78 is 25.1. The van der Waals surface area contributed by atoms with Crippen molar-refractivity contribution < 1.29 is 13.2 Å². The fraction of sp³-hybridized carbons (Fsp3) is 0.231. The van der Waals surface area contributed by atoms with Crippen LogP contribution in [-0.4, -0.2) is 33.3 Å². The summed E-state index contributed by atoms with van der Waals surface area (Å²) in [4.78, 5) is 14.8. The standard InChI is InChI=1S/C26H25Cl2N3O3S/c27-23-8-4-9-24(26(23)28)35(33,34)19-30-16-5-10-25(32)31(22-6-2-1-3-7-22)17-15-20-11-13-21(18-29)14-12-20/h1-4,6-9,11-14,30H,5,10,15-17,19H2. The Morgan fingerprint density at radius 1 is 0.971 bits per heavy atom. The van der Waals surface area contributed by atoms with E-state index >= 15 is 0 Å². The van der Waals surface area contributed by atoms with Crippen LogP contribution in [0.3, 0.4) is 0 Å². The number of rotatable bonds is 11. The Labute approximate surface area is 216 Å². The van der Waals surface area contributed by atoms with Gasteiger partial charge in [-0.15, -0.1) is 0 Å². The Balaban J connectivity index is 1.54. The highest BCUT2D eigenvalue weighted by molar-refractivity contribution is 7.91. The Kier molecular flexibility index (Phi) is 9.70. The molecular weight excluding hydrogens is 505 g/mol. The molecular formula is C26H25Cl2N3O3S. The lowest BCUT2D eigenvalue weighted by molar-refractivity contribution is -0.118. The summed E-state index contributed by atoms with van der Waals surface area (Å²) in [5.41, 5.74) is 2.43. The van der Waals surface area contributed by atoms with Crippen LogP contribution in [-0.2, 0) is 21.1 Å². The van der Waals surface area contributed by atoms with Gasteiger partial charge >= 0.3 is 0 Å². The molecule has 0 spiro atoms. The molecule has 0 aliphatic heterocycles. The van der Waals surface area contributed by atoms with Gasteiger partial charge < -0.3 is 10.2 Å². The van der Waals surface area contributed by atoms with Gasteiger partial charge in [0.05, 0.1) is 26.6 Å². The second-order valence-corrected chi connectivity index (χ2v) is 10.6. The summed E-state index contributed by atoms with van der Waals surface area (Å²) in [5.74, 6) is -0.352. The van der Waals surface area contributed by atoms with E-state index in [4.69, 9.17) is 28.5 Å². The number of carbonyl (C=O) groups excluding carboxylic acids is 1. The van der Waals surface area contributed by atoms with Crippen LogP contribution in [0.15, 0.2) is 77.7 Å². The van der Waals surface area contributed by atoms with Gasteiger partial charge in [0.15, 0.2) is 9.84 Å². The number of anilines is 1. The molecule has 0 aromatic heterocycles. The third kappa shape index (κ3) is 7.55. The molecule has 3 aromatic rings. The van der Waals surface area contributed by atoms with Gasteiger partial charge in [-0.2, -0.15) is 5.26 Å². The molecule has 0 heterocycles. The van der Waals surface area contributed by atoms with Gasteiger partial charge in [-0.05, 0) is 61.3 Å². The molecule has 182 valence electrons. The maximum absolute atomic E-state index is 13.0. The van der Waals surface area contributed by atoms with Crippen LogP contribution >= 0.6 is 23.2 Å². The van der Waals surface area contributed by atoms with Gasteiger partial charge in [-0.1, -0.05) is 59.6 Å². The van der Waals surface area contributed by atoms with Crippen LogP contribution in [0.1, 0.15) is 24.0 Å². The summed E-state index contributed by atoms with van der Waals surface area (Å²) in [6.07, 6.45) is 1.37. The number of nitrogens with zero attached hydrogens (tertiary/aromatic N) is 2. The number of benzene rings is 3. The SMILES string of the molecule is N#Cc1ccc(CCN(C(=O)CCCNCS(=O)(=O)c2cccc(Cl)c2Cl)c2ccccc2)cc1. The van der Waals surface area contributed by atoms with Gasteiger partial charge in [-0.25, -0.2) is 8.42 Å². The van der Waals surface area contributed by atoms with Crippen LogP contribution in [0.5, 0.6) is 0 Å². The molecule has 35 heavy (non-hydrogen) atoms. The highest BCUT2D eigenvalue weighted by Gasteiger charge is 2.20. The molecule has 1 amide bonds. The Bertz CT molecular complexity index is 1290. The van der Waals surface area contributed by atoms with Gasteiger partial charge in [-0.3, -0.25) is 4.79 Å². The monoisotopic (exact) mass is 529 g/mol. The van der Waals surface area contributed by atoms with E-state index in [0.717, 1.165) is 11.3 Å². The Hall–Kier alpha value is -2.89. The van der Waals surface area contributed by atoms with Crippen LogP contribution in [0, 0.1) is 11.3 Å². The highest BCUT2D eigenvalue weighted by Crippen LogP contribution is 2.29. The van der Waals surface area contributed by atoms with Crippen LogP contribution in [0.4, 0.5) is 5.69 Å². The highest BCUT2D eigenvalue weighted by atomic mass is 35.5. The van der Waals surface area contributed by atoms with Gasteiger partial charge in [0.25, 0.3) is 0 Å².